The van der Waals surface area contributed by atoms with Crippen molar-refractivity contribution in [1.29, 1.82) is 5.41 Å². The van der Waals surface area contributed by atoms with Gasteiger partial charge in [-0.2, -0.15) is 11.8 Å². The number of thioether (sulfide) groups is 1. The zero-order chi connectivity index (χ0) is 12.8. The lowest BCUT2D eigenvalue weighted by Gasteiger charge is -2.10. The van der Waals surface area contributed by atoms with Gasteiger partial charge < -0.3 is 10.5 Å². The molecule has 0 saturated heterocycles. The van der Waals surface area contributed by atoms with Crippen molar-refractivity contribution in [3.8, 4) is 5.75 Å². The van der Waals surface area contributed by atoms with Crippen LogP contribution in [0, 0.1) is 11.3 Å². The quantitative estimate of drug-likeness (QED) is 0.604. The number of hydrogen-bond acceptors (Lipinski definition) is 3. The topological polar surface area (TPSA) is 59.1 Å². The van der Waals surface area contributed by atoms with Gasteiger partial charge >= 0.3 is 0 Å². The number of amidine groups is 1. The average molecular weight is 252 g/mol. The SMILES string of the molecule is COc1ccc(CSCC(C)C)cc1C(=N)N. The molecular formula is C13H20N2OS. The minimum atomic E-state index is 0.0533. The van der Waals surface area contributed by atoms with Crippen molar-refractivity contribution in [2.75, 3.05) is 12.9 Å². The maximum absolute atomic E-state index is 7.51. The van der Waals surface area contributed by atoms with Crippen LogP contribution in [-0.4, -0.2) is 18.7 Å². The molecule has 0 bridgehead atoms. The smallest absolute Gasteiger partial charge is 0.129 e. The van der Waals surface area contributed by atoms with E-state index < -0.39 is 0 Å². The van der Waals surface area contributed by atoms with Crippen LogP contribution in [0.4, 0.5) is 0 Å². The molecule has 0 atom stereocenters. The minimum Gasteiger partial charge on any atom is -0.496 e. The van der Waals surface area contributed by atoms with Crippen molar-refractivity contribution in [3.05, 3.63) is 29.3 Å². The number of nitrogens with two attached hydrogens (primary N) is 1. The molecule has 3 nitrogen and oxygen atoms in total. The van der Waals surface area contributed by atoms with Crippen molar-refractivity contribution >= 4 is 17.6 Å². The first-order chi connectivity index (χ1) is 8.04. The Kier molecular flexibility index (Phi) is 5.35. The Bertz CT molecular complexity index is 391. The van der Waals surface area contributed by atoms with E-state index in [4.69, 9.17) is 15.9 Å². The van der Waals surface area contributed by atoms with Crippen LogP contribution < -0.4 is 10.5 Å². The summed E-state index contributed by atoms with van der Waals surface area (Å²) in [7, 11) is 1.59. The van der Waals surface area contributed by atoms with Crippen LogP contribution >= 0.6 is 11.8 Å². The van der Waals surface area contributed by atoms with E-state index in [1.54, 1.807) is 7.11 Å². The third kappa shape index (κ3) is 4.30. The number of methoxy groups -OCH3 is 1. The summed E-state index contributed by atoms with van der Waals surface area (Å²) < 4.78 is 5.18. The number of benzene rings is 1. The van der Waals surface area contributed by atoms with Crippen molar-refractivity contribution < 1.29 is 4.74 Å². The Labute approximate surface area is 107 Å². The molecule has 0 heterocycles. The van der Waals surface area contributed by atoms with Gasteiger partial charge in [0.25, 0.3) is 0 Å². The number of hydrogen-bond donors (Lipinski definition) is 2. The predicted molar refractivity (Wildman–Crippen MR) is 75.0 cm³/mol. The van der Waals surface area contributed by atoms with E-state index in [-0.39, 0.29) is 5.84 Å². The van der Waals surface area contributed by atoms with E-state index in [0.29, 0.717) is 17.2 Å². The molecule has 0 aliphatic carbocycles. The van der Waals surface area contributed by atoms with Crippen LogP contribution in [0.3, 0.4) is 0 Å². The first-order valence-corrected chi connectivity index (χ1v) is 6.79. The summed E-state index contributed by atoms with van der Waals surface area (Å²) >= 11 is 1.90. The fourth-order valence-corrected chi connectivity index (χ4v) is 2.47. The van der Waals surface area contributed by atoms with E-state index in [9.17, 15) is 0 Å². The standard InChI is InChI=1S/C13H20N2OS/c1-9(2)7-17-8-10-4-5-12(16-3)11(6-10)13(14)15/h4-6,9H,7-8H2,1-3H3,(H3,14,15). The van der Waals surface area contributed by atoms with E-state index in [1.165, 1.54) is 5.56 Å². The molecule has 0 aliphatic heterocycles. The van der Waals surface area contributed by atoms with Gasteiger partial charge in [0.2, 0.25) is 0 Å². The third-order valence-electron chi connectivity index (χ3n) is 2.27. The maximum atomic E-state index is 7.51. The minimum absolute atomic E-state index is 0.0533. The third-order valence-corrected chi connectivity index (χ3v) is 3.71. The number of nitrogens with one attached hydrogen (secondary N) is 1. The van der Waals surface area contributed by atoms with Gasteiger partial charge in [-0.25, -0.2) is 0 Å². The molecule has 1 aromatic carbocycles. The molecule has 1 aromatic rings. The van der Waals surface area contributed by atoms with Gasteiger partial charge in [0.1, 0.15) is 11.6 Å². The number of nitrogen functional groups attached to an aromatic ring is 1. The molecule has 4 heteroatoms. The summed E-state index contributed by atoms with van der Waals surface area (Å²) in [5.74, 6) is 3.50. The lowest BCUT2D eigenvalue weighted by Crippen LogP contribution is -2.12. The predicted octanol–water partition coefficient (Wildman–Crippen LogP) is 2.87. The van der Waals surface area contributed by atoms with E-state index in [1.807, 2.05) is 30.0 Å². The highest BCUT2D eigenvalue weighted by molar-refractivity contribution is 7.98. The van der Waals surface area contributed by atoms with E-state index in [0.717, 1.165) is 11.5 Å². The highest BCUT2D eigenvalue weighted by Gasteiger charge is 2.07. The second kappa shape index (κ2) is 6.55. The van der Waals surface area contributed by atoms with Crippen LogP contribution in [-0.2, 0) is 5.75 Å². The fraction of sp³-hybridized carbons (Fsp3) is 0.462. The number of ether oxygens (including phenoxy) is 1. The van der Waals surface area contributed by atoms with Gasteiger partial charge in [-0.05, 0) is 29.4 Å². The molecule has 3 N–H and O–H groups in total. The van der Waals surface area contributed by atoms with Gasteiger partial charge in [0, 0.05) is 5.75 Å². The second-order valence-corrected chi connectivity index (χ2v) is 5.39. The van der Waals surface area contributed by atoms with E-state index in [2.05, 4.69) is 13.8 Å². The Balaban J connectivity index is 2.74. The summed E-state index contributed by atoms with van der Waals surface area (Å²) in [5.41, 5.74) is 7.39. The van der Waals surface area contributed by atoms with Crippen molar-refractivity contribution in [2.24, 2.45) is 11.7 Å². The largest absolute Gasteiger partial charge is 0.496 e. The Morgan fingerprint density at radius 3 is 2.71 bits per heavy atom. The van der Waals surface area contributed by atoms with Crippen molar-refractivity contribution in [3.63, 3.8) is 0 Å². The van der Waals surface area contributed by atoms with Gasteiger partial charge in [-0.1, -0.05) is 19.9 Å². The second-order valence-electron chi connectivity index (χ2n) is 4.36. The van der Waals surface area contributed by atoms with Crippen LogP contribution in [0.2, 0.25) is 0 Å². The molecule has 0 aliphatic rings. The van der Waals surface area contributed by atoms with Crippen molar-refractivity contribution in [1.82, 2.24) is 0 Å². The molecule has 0 spiro atoms. The molecule has 1 rings (SSSR count). The lowest BCUT2D eigenvalue weighted by molar-refractivity contribution is 0.413. The molecule has 0 unspecified atom stereocenters. The Morgan fingerprint density at radius 1 is 1.47 bits per heavy atom. The Morgan fingerprint density at radius 2 is 2.18 bits per heavy atom. The normalized spacial score (nSPS) is 10.6. The monoisotopic (exact) mass is 252 g/mol. The molecule has 0 aromatic heterocycles. The molecule has 0 amide bonds. The van der Waals surface area contributed by atoms with Crippen molar-refractivity contribution in [2.45, 2.75) is 19.6 Å². The molecule has 17 heavy (non-hydrogen) atoms. The maximum Gasteiger partial charge on any atom is 0.129 e. The number of rotatable bonds is 6. The summed E-state index contributed by atoms with van der Waals surface area (Å²) in [6.07, 6.45) is 0. The van der Waals surface area contributed by atoms with E-state index >= 15 is 0 Å². The summed E-state index contributed by atoms with van der Waals surface area (Å²) in [5, 5.41) is 7.51. The molecular weight excluding hydrogens is 232 g/mol. The van der Waals surface area contributed by atoms with Crippen LogP contribution in [0.1, 0.15) is 25.0 Å². The van der Waals surface area contributed by atoms with Crippen LogP contribution in [0.15, 0.2) is 18.2 Å². The lowest BCUT2D eigenvalue weighted by atomic mass is 10.1. The van der Waals surface area contributed by atoms with Crippen LogP contribution in [0.5, 0.6) is 5.75 Å². The highest BCUT2D eigenvalue weighted by Crippen LogP contribution is 2.22. The zero-order valence-corrected chi connectivity index (χ0v) is 11.4. The first-order valence-electron chi connectivity index (χ1n) is 5.63. The summed E-state index contributed by atoms with van der Waals surface area (Å²) in [6, 6.07) is 5.84. The average Bonchev–Trinajstić information content (AvgIpc) is 2.28. The van der Waals surface area contributed by atoms with Gasteiger partial charge in [-0.15, -0.1) is 0 Å². The molecule has 0 radical (unpaired) electrons. The molecule has 94 valence electrons. The summed E-state index contributed by atoms with van der Waals surface area (Å²) in [4.78, 5) is 0. The zero-order valence-electron chi connectivity index (χ0n) is 10.6. The first kappa shape index (κ1) is 13.9. The van der Waals surface area contributed by atoms with Gasteiger partial charge in [0.05, 0.1) is 12.7 Å². The fourth-order valence-electron chi connectivity index (χ4n) is 1.47. The van der Waals surface area contributed by atoms with Crippen LogP contribution in [0.25, 0.3) is 0 Å². The summed E-state index contributed by atoms with van der Waals surface area (Å²) in [6.45, 7) is 4.42. The Hall–Kier alpha value is -1.16. The van der Waals surface area contributed by atoms with Gasteiger partial charge in [0.15, 0.2) is 0 Å². The molecule has 0 fully saturated rings. The van der Waals surface area contributed by atoms with Gasteiger partial charge in [-0.3, -0.25) is 5.41 Å². The highest BCUT2D eigenvalue weighted by atomic mass is 32.2. The molecule has 0 saturated carbocycles.